The molecule has 0 saturated carbocycles. The van der Waals surface area contributed by atoms with Crippen LogP contribution in [0.15, 0.2) is 24.3 Å². The summed E-state index contributed by atoms with van der Waals surface area (Å²) >= 11 is 6.85. The molecule has 2 aromatic carbocycles. The van der Waals surface area contributed by atoms with E-state index in [1.807, 2.05) is 0 Å². The van der Waals surface area contributed by atoms with E-state index in [0.717, 1.165) is 12.2 Å². The molecule has 0 N–H and O–H groups in total. The molecule has 0 saturated heterocycles. The maximum Gasteiger partial charge on any atom is 0.0840 e. The molecule has 110 valence electrons. The molecule has 0 aliphatic carbocycles. The molecule has 0 spiro atoms. The van der Waals surface area contributed by atoms with Gasteiger partial charge in [-0.1, -0.05) is 24.3 Å². The highest BCUT2D eigenvalue weighted by Crippen LogP contribution is 2.37. The van der Waals surface area contributed by atoms with E-state index in [-0.39, 0.29) is 5.38 Å². The Morgan fingerprint density at radius 1 is 0.905 bits per heavy atom. The van der Waals surface area contributed by atoms with Gasteiger partial charge in [0.1, 0.15) is 0 Å². The molecule has 1 aliphatic rings. The van der Waals surface area contributed by atoms with Gasteiger partial charge in [-0.05, 0) is 72.2 Å². The monoisotopic (exact) mass is 300 g/mol. The van der Waals surface area contributed by atoms with Crippen LogP contribution in [-0.2, 0) is 18.0 Å². The molecule has 21 heavy (non-hydrogen) atoms. The summed E-state index contributed by atoms with van der Waals surface area (Å²) in [5, 5.41) is -0.102. The fraction of sp³-hybridized carbons (Fsp3) is 0.368. The Kier molecular flexibility index (Phi) is 3.81. The standard InChI is InChI=1S/C19H21ClO/c1-11-7-12(2)14(4)18(13(11)3)19(20)15-5-6-16-9-21-10-17(16)8-15/h5-8,19H,9-10H2,1-4H3. The zero-order chi connectivity index (χ0) is 15.1. The number of benzene rings is 2. The molecule has 1 heterocycles. The van der Waals surface area contributed by atoms with Crippen molar-refractivity contribution >= 4 is 11.6 Å². The summed E-state index contributed by atoms with van der Waals surface area (Å²) < 4.78 is 5.50. The first-order valence-electron chi connectivity index (χ1n) is 7.40. The number of halogens is 1. The van der Waals surface area contributed by atoms with E-state index in [0.29, 0.717) is 6.61 Å². The van der Waals surface area contributed by atoms with E-state index < -0.39 is 0 Å². The molecular weight excluding hydrogens is 280 g/mol. The number of fused-ring (bicyclic) bond motifs is 1. The molecular formula is C19H21ClO. The summed E-state index contributed by atoms with van der Waals surface area (Å²) in [7, 11) is 0. The predicted octanol–water partition coefficient (Wildman–Crippen LogP) is 5.28. The normalized spacial score (nSPS) is 15.1. The van der Waals surface area contributed by atoms with Gasteiger partial charge in [0.25, 0.3) is 0 Å². The molecule has 0 radical (unpaired) electrons. The Hall–Kier alpha value is -1.31. The molecule has 0 amide bonds. The number of hydrogen-bond acceptors (Lipinski definition) is 1. The minimum Gasteiger partial charge on any atom is -0.372 e. The lowest BCUT2D eigenvalue weighted by molar-refractivity contribution is 0.134. The Morgan fingerprint density at radius 3 is 2.19 bits per heavy atom. The Bertz CT molecular complexity index is 677. The van der Waals surface area contributed by atoms with Gasteiger partial charge in [0.05, 0.1) is 18.6 Å². The van der Waals surface area contributed by atoms with Gasteiger partial charge in [-0.25, -0.2) is 0 Å². The van der Waals surface area contributed by atoms with E-state index in [9.17, 15) is 0 Å². The number of aryl methyl sites for hydroxylation is 2. The van der Waals surface area contributed by atoms with Gasteiger partial charge >= 0.3 is 0 Å². The largest absolute Gasteiger partial charge is 0.372 e. The van der Waals surface area contributed by atoms with Crippen molar-refractivity contribution in [3.63, 3.8) is 0 Å². The van der Waals surface area contributed by atoms with Crippen LogP contribution < -0.4 is 0 Å². The second-order valence-corrected chi connectivity index (χ2v) is 6.49. The van der Waals surface area contributed by atoms with Crippen LogP contribution >= 0.6 is 11.6 Å². The Morgan fingerprint density at radius 2 is 1.52 bits per heavy atom. The lowest BCUT2D eigenvalue weighted by Gasteiger charge is -2.20. The summed E-state index contributed by atoms with van der Waals surface area (Å²) in [5.74, 6) is 0. The fourth-order valence-electron chi connectivity index (χ4n) is 3.14. The topological polar surface area (TPSA) is 9.23 Å². The fourth-order valence-corrected chi connectivity index (χ4v) is 3.61. The van der Waals surface area contributed by atoms with Crippen molar-refractivity contribution < 1.29 is 4.74 Å². The molecule has 1 nitrogen and oxygen atoms in total. The smallest absolute Gasteiger partial charge is 0.0840 e. The van der Waals surface area contributed by atoms with Crippen LogP contribution in [0.1, 0.15) is 49.9 Å². The minimum absolute atomic E-state index is 0.102. The highest BCUT2D eigenvalue weighted by Gasteiger charge is 2.20. The molecule has 2 aromatic rings. The molecule has 1 aliphatic heterocycles. The van der Waals surface area contributed by atoms with Crippen molar-refractivity contribution in [3.8, 4) is 0 Å². The number of alkyl halides is 1. The van der Waals surface area contributed by atoms with Crippen LogP contribution in [0.2, 0.25) is 0 Å². The van der Waals surface area contributed by atoms with Gasteiger partial charge in [-0.2, -0.15) is 0 Å². The van der Waals surface area contributed by atoms with Crippen LogP contribution in [0.4, 0.5) is 0 Å². The third kappa shape index (κ3) is 2.49. The van der Waals surface area contributed by atoms with Crippen molar-refractivity contribution in [2.75, 3.05) is 0 Å². The summed E-state index contributed by atoms with van der Waals surface area (Å²) in [6.45, 7) is 10.1. The first-order valence-corrected chi connectivity index (χ1v) is 7.83. The van der Waals surface area contributed by atoms with E-state index in [1.54, 1.807) is 0 Å². The second kappa shape index (κ2) is 5.47. The molecule has 1 unspecified atom stereocenters. The van der Waals surface area contributed by atoms with Gasteiger partial charge in [-0.15, -0.1) is 11.6 Å². The van der Waals surface area contributed by atoms with Crippen molar-refractivity contribution in [2.45, 2.75) is 46.3 Å². The van der Waals surface area contributed by atoms with Crippen molar-refractivity contribution in [2.24, 2.45) is 0 Å². The Labute approximate surface area is 131 Å². The van der Waals surface area contributed by atoms with E-state index in [2.05, 4.69) is 52.0 Å². The first-order chi connectivity index (χ1) is 9.99. The highest BCUT2D eigenvalue weighted by molar-refractivity contribution is 6.22. The second-order valence-electron chi connectivity index (χ2n) is 6.06. The van der Waals surface area contributed by atoms with Crippen molar-refractivity contribution in [1.29, 1.82) is 0 Å². The molecule has 0 aromatic heterocycles. The maximum absolute atomic E-state index is 6.85. The average Bonchev–Trinajstić information content (AvgIpc) is 2.92. The summed E-state index contributed by atoms with van der Waals surface area (Å²) in [5.41, 5.74) is 10.2. The van der Waals surface area contributed by atoms with Gasteiger partial charge < -0.3 is 4.74 Å². The molecule has 1 atom stereocenters. The minimum atomic E-state index is -0.102. The van der Waals surface area contributed by atoms with E-state index in [4.69, 9.17) is 16.3 Å². The van der Waals surface area contributed by atoms with E-state index in [1.165, 1.54) is 38.9 Å². The number of hydrogen-bond donors (Lipinski definition) is 0. The van der Waals surface area contributed by atoms with Crippen LogP contribution in [0, 0.1) is 27.7 Å². The summed E-state index contributed by atoms with van der Waals surface area (Å²) in [6.07, 6.45) is 0. The zero-order valence-corrected chi connectivity index (χ0v) is 13.8. The third-order valence-corrected chi connectivity index (χ3v) is 5.19. The third-order valence-electron chi connectivity index (χ3n) is 4.72. The molecule has 2 heteroatoms. The predicted molar refractivity (Wildman–Crippen MR) is 88.0 cm³/mol. The zero-order valence-electron chi connectivity index (χ0n) is 13.1. The lowest BCUT2D eigenvalue weighted by atomic mass is 9.89. The first kappa shape index (κ1) is 14.6. The lowest BCUT2D eigenvalue weighted by Crippen LogP contribution is -2.04. The van der Waals surface area contributed by atoms with Gasteiger partial charge in [-0.3, -0.25) is 0 Å². The average molecular weight is 301 g/mol. The summed E-state index contributed by atoms with van der Waals surface area (Å²) in [4.78, 5) is 0. The Balaban J connectivity index is 2.09. The SMILES string of the molecule is Cc1cc(C)c(C)c(C(Cl)c2ccc3c(c2)COC3)c1C. The molecule has 0 bridgehead atoms. The van der Waals surface area contributed by atoms with Gasteiger partial charge in [0, 0.05) is 0 Å². The van der Waals surface area contributed by atoms with Gasteiger partial charge in [0.2, 0.25) is 0 Å². The van der Waals surface area contributed by atoms with Crippen molar-refractivity contribution in [1.82, 2.24) is 0 Å². The molecule has 0 fully saturated rings. The van der Waals surface area contributed by atoms with Gasteiger partial charge in [0.15, 0.2) is 0 Å². The quantitative estimate of drug-likeness (QED) is 0.686. The molecule has 3 rings (SSSR count). The van der Waals surface area contributed by atoms with Crippen LogP contribution in [0.5, 0.6) is 0 Å². The van der Waals surface area contributed by atoms with Crippen LogP contribution in [-0.4, -0.2) is 0 Å². The maximum atomic E-state index is 6.85. The van der Waals surface area contributed by atoms with Crippen LogP contribution in [0.25, 0.3) is 0 Å². The highest BCUT2D eigenvalue weighted by atomic mass is 35.5. The number of ether oxygens (including phenoxy) is 1. The summed E-state index contributed by atoms with van der Waals surface area (Å²) in [6, 6.07) is 8.74. The van der Waals surface area contributed by atoms with E-state index >= 15 is 0 Å². The van der Waals surface area contributed by atoms with Crippen LogP contribution in [0.3, 0.4) is 0 Å². The number of rotatable bonds is 2. The van der Waals surface area contributed by atoms with Crippen molar-refractivity contribution in [3.05, 3.63) is 68.8 Å².